The maximum atomic E-state index is 10.5. The van der Waals surface area contributed by atoms with Crippen LogP contribution in [0.2, 0.25) is 0 Å². The summed E-state index contributed by atoms with van der Waals surface area (Å²) in [6, 6.07) is 2.02. The predicted molar refractivity (Wildman–Crippen MR) is 53.1 cm³/mol. The van der Waals surface area contributed by atoms with Gasteiger partial charge in [0.2, 0.25) is 0 Å². The minimum atomic E-state index is 0.871. The summed E-state index contributed by atoms with van der Waals surface area (Å²) in [4.78, 5) is 12.8. The molecular weight excluding hydrogens is 168 g/mol. The van der Waals surface area contributed by atoms with Crippen LogP contribution in [0.25, 0.3) is 0 Å². The summed E-state index contributed by atoms with van der Waals surface area (Å²) in [5.74, 6) is 0. The third-order valence-electron chi connectivity index (χ3n) is 1.89. The zero-order chi connectivity index (χ0) is 8.97. The van der Waals surface area contributed by atoms with Crippen molar-refractivity contribution in [2.24, 2.45) is 0 Å². The van der Waals surface area contributed by atoms with E-state index < -0.39 is 0 Å². The Balaban J connectivity index is 2.91. The van der Waals surface area contributed by atoms with Crippen molar-refractivity contribution in [2.75, 3.05) is 0 Å². The van der Waals surface area contributed by atoms with Crippen LogP contribution in [0.3, 0.4) is 0 Å². The van der Waals surface area contributed by atoms with Crippen molar-refractivity contribution in [3.63, 3.8) is 0 Å². The average Bonchev–Trinajstić information content (AvgIpc) is 2.48. The summed E-state index contributed by atoms with van der Waals surface area (Å²) < 4.78 is 0. The van der Waals surface area contributed by atoms with E-state index in [-0.39, 0.29) is 0 Å². The third kappa shape index (κ3) is 1.95. The molecular formula is C10H14OS. The Morgan fingerprint density at radius 2 is 2.25 bits per heavy atom. The van der Waals surface area contributed by atoms with E-state index in [4.69, 9.17) is 0 Å². The van der Waals surface area contributed by atoms with E-state index in [2.05, 4.69) is 13.8 Å². The number of hydrogen-bond donors (Lipinski definition) is 0. The first-order valence-electron chi connectivity index (χ1n) is 4.38. The highest BCUT2D eigenvalue weighted by Crippen LogP contribution is 2.23. The average molecular weight is 182 g/mol. The number of aryl methyl sites for hydroxylation is 2. The fraction of sp³-hybridized carbons (Fsp3) is 0.500. The molecule has 66 valence electrons. The van der Waals surface area contributed by atoms with E-state index >= 15 is 0 Å². The van der Waals surface area contributed by atoms with Gasteiger partial charge in [-0.15, -0.1) is 11.3 Å². The van der Waals surface area contributed by atoms with Gasteiger partial charge < -0.3 is 0 Å². The second kappa shape index (κ2) is 4.41. The van der Waals surface area contributed by atoms with Crippen LogP contribution in [-0.4, -0.2) is 6.29 Å². The summed E-state index contributed by atoms with van der Waals surface area (Å²) >= 11 is 1.64. The lowest BCUT2D eigenvalue weighted by molar-refractivity contribution is 0.112. The molecule has 1 rings (SSSR count). The van der Waals surface area contributed by atoms with E-state index in [1.807, 2.05) is 6.07 Å². The first-order chi connectivity index (χ1) is 5.81. The van der Waals surface area contributed by atoms with E-state index in [1.54, 1.807) is 11.3 Å². The smallest absolute Gasteiger partial charge is 0.160 e. The Labute approximate surface area is 77.4 Å². The first kappa shape index (κ1) is 9.46. The molecule has 1 aromatic heterocycles. The Kier molecular flexibility index (Phi) is 3.48. The van der Waals surface area contributed by atoms with Gasteiger partial charge in [-0.3, -0.25) is 4.79 Å². The van der Waals surface area contributed by atoms with E-state index in [0.717, 1.165) is 30.4 Å². The van der Waals surface area contributed by atoms with Gasteiger partial charge in [-0.05, 0) is 24.5 Å². The van der Waals surface area contributed by atoms with Gasteiger partial charge in [-0.2, -0.15) is 0 Å². The van der Waals surface area contributed by atoms with Crippen molar-refractivity contribution in [1.29, 1.82) is 0 Å². The molecule has 0 aliphatic heterocycles. The Hall–Kier alpha value is -0.630. The maximum Gasteiger partial charge on any atom is 0.160 e. The zero-order valence-corrected chi connectivity index (χ0v) is 8.41. The standard InChI is InChI=1S/C10H14OS/c1-3-5-10-8(4-2)6-9(7-11)12-10/h6-7H,3-5H2,1-2H3. The number of carbonyl (C=O) groups is 1. The minimum absolute atomic E-state index is 0.871. The van der Waals surface area contributed by atoms with Gasteiger partial charge in [-0.25, -0.2) is 0 Å². The highest BCUT2D eigenvalue weighted by Gasteiger charge is 2.05. The molecule has 1 nitrogen and oxygen atoms in total. The Morgan fingerprint density at radius 3 is 2.75 bits per heavy atom. The van der Waals surface area contributed by atoms with Crippen molar-refractivity contribution in [2.45, 2.75) is 33.1 Å². The molecule has 0 bridgehead atoms. The normalized spacial score (nSPS) is 10.2. The maximum absolute atomic E-state index is 10.5. The number of thiophene rings is 1. The molecule has 0 saturated carbocycles. The summed E-state index contributed by atoms with van der Waals surface area (Å²) in [5, 5.41) is 0. The quantitative estimate of drug-likeness (QED) is 0.654. The van der Waals surface area contributed by atoms with E-state index in [0.29, 0.717) is 0 Å². The fourth-order valence-corrected chi connectivity index (χ4v) is 2.46. The molecule has 1 aromatic rings. The fourth-order valence-electron chi connectivity index (χ4n) is 1.29. The molecule has 0 unspecified atom stereocenters. The molecule has 0 N–H and O–H groups in total. The predicted octanol–water partition coefficient (Wildman–Crippen LogP) is 3.08. The van der Waals surface area contributed by atoms with Crippen molar-refractivity contribution in [3.8, 4) is 0 Å². The third-order valence-corrected chi connectivity index (χ3v) is 3.05. The lowest BCUT2D eigenvalue weighted by Gasteiger charge is -1.96. The molecule has 0 amide bonds. The number of carbonyl (C=O) groups excluding carboxylic acids is 1. The molecule has 12 heavy (non-hydrogen) atoms. The van der Waals surface area contributed by atoms with Gasteiger partial charge in [0.05, 0.1) is 4.88 Å². The van der Waals surface area contributed by atoms with Crippen molar-refractivity contribution >= 4 is 17.6 Å². The molecule has 0 aliphatic carbocycles. The van der Waals surface area contributed by atoms with Gasteiger partial charge in [-0.1, -0.05) is 20.3 Å². The van der Waals surface area contributed by atoms with Crippen molar-refractivity contribution < 1.29 is 4.79 Å². The van der Waals surface area contributed by atoms with Gasteiger partial charge in [0.15, 0.2) is 6.29 Å². The van der Waals surface area contributed by atoms with Gasteiger partial charge in [0.25, 0.3) is 0 Å². The summed E-state index contributed by atoms with van der Waals surface area (Å²) in [7, 11) is 0. The monoisotopic (exact) mass is 182 g/mol. The first-order valence-corrected chi connectivity index (χ1v) is 5.20. The van der Waals surface area contributed by atoms with Crippen LogP contribution in [-0.2, 0) is 12.8 Å². The molecule has 2 heteroatoms. The van der Waals surface area contributed by atoms with E-state index in [1.165, 1.54) is 10.4 Å². The number of hydrogen-bond acceptors (Lipinski definition) is 2. The van der Waals surface area contributed by atoms with Crippen LogP contribution in [0.15, 0.2) is 6.07 Å². The Bertz CT molecular complexity index is 263. The van der Waals surface area contributed by atoms with Crippen LogP contribution in [0.4, 0.5) is 0 Å². The zero-order valence-electron chi connectivity index (χ0n) is 7.59. The van der Waals surface area contributed by atoms with Crippen LogP contribution >= 0.6 is 11.3 Å². The second-order valence-corrected chi connectivity index (χ2v) is 3.99. The molecule has 0 spiro atoms. The molecule has 0 atom stereocenters. The van der Waals surface area contributed by atoms with Gasteiger partial charge in [0, 0.05) is 4.88 Å². The molecule has 0 aromatic carbocycles. The van der Waals surface area contributed by atoms with Crippen LogP contribution in [0.5, 0.6) is 0 Å². The van der Waals surface area contributed by atoms with Crippen LogP contribution < -0.4 is 0 Å². The second-order valence-electron chi connectivity index (χ2n) is 2.82. The molecule has 0 fully saturated rings. The minimum Gasteiger partial charge on any atom is -0.297 e. The van der Waals surface area contributed by atoms with Crippen molar-refractivity contribution in [1.82, 2.24) is 0 Å². The van der Waals surface area contributed by atoms with E-state index in [9.17, 15) is 4.79 Å². The number of rotatable bonds is 4. The lowest BCUT2D eigenvalue weighted by atomic mass is 10.1. The van der Waals surface area contributed by atoms with Crippen LogP contribution in [0, 0.1) is 0 Å². The Morgan fingerprint density at radius 1 is 1.50 bits per heavy atom. The highest BCUT2D eigenvalue weighted by atomic mass is 32.1. The van der Waals surface area contributed by atoms with Gasteiger partial charge >= 0.3 is 0 Å². The van der Waals surface area contributed by atoms with Gasteiger partial charge in [0.1, 0.15) is 0 Å². The molecule has 0 aliphatic rings. The topological polar surface area (TPSA) is 17.1 Å². The molecule has 1 heterocycles. The molecule has 0 radical (unpaired) electrons. The van der Waals surface area contributed by atoms with Crippen molar-refractivity contribution in [3.05, 3.63) is 21.4 Å². The summed E-state index contributed by atoms with van der Waals surface area (Å²) in [5.41, 5.74) is 1.35. The largest absolute Gasteiger partial charge is 0.297 e. The highest BCUT2D eigenvalue weighted by molar-refractivity contribution is 7.13. The summed E-state index contributed by atoms with van der Waals surface area (Å²) in [6.45, 7) is 4.30. The van der Waals surface area contributed by atoms with Crippen LogP contribution in [0.1, 0.15) is 40.4 Å². The summed E-state index contributed by atoms with van der Waals surface area (Å²) in [6.07, 6.45) is 4.26. The molecule has 0 saturated heterocycles. The number of aldehydes is 1. The lowest BCUT2D eigenvalue weighted by Crippen LogP contribution is -1.83. The SMILES string of the molecule is CCCc1sc(C=O)cc1CC.